The van der Waals surface area contributed by atoms with Crippen molar-refractivity contribution >= 4 is 11.9 Å². The van der Waals surface area contributed by atoms with Crippen molar-refractivity contribution in [2.24, 2.45) is 0 Å². The molecular weight excluding hydrogens is 384 g/mol. The zero-order chi connectivity index (χ0) is 21.7. The molecule has 0 bridgehead atoms. The molecule has 2 heterocycles. The van der Waals surface area contributed by atoms with Gasteiger partial charge in [0.25, 0.3) is 0 Å². The van der Waals surface area contributed by atoms with E-state index in [0.717, 1.165) is 31.7 Å². The van der Waals surface area contributed by atoms with Gasteiger partial charge in [0, 0.05) is 37.8 Å². The first-order valence-corrected chi connectivity index (χ1v) is 10.3. The highest BCUT2D eigenvalue weighted by molar-refractivity contribution is 5.96. The topological polar surface area (TPSA) is 104 Å². The Hall–Kier alpha value is -2.78. The zero-order valence-corrected chi connectivity index (χ0v) is 18.0. The normalized spacial score (nSPS) is 16.4. The van der Waals surface area contributed by atoms with E-state index < -0.39 is 6.03 Å². The van der Waals surface area contributed by atoms with Crippen molar-refractivity contribution in [1.29, 1.82) is 0 Å². The van der Waals surface area contributed by atoms with E-state index in [9.17, 15) is 9.59 Å². The molecule has 1 aromatic carbocycles. The van der Waals surface area contributed by atoms with Crippen molar-refractivity contribution in [3.63, 3.8) is 0 Å². The fourth-order valence-electron chi connectivity index (χ4n) is 3.32. The summed E-state index contributed by atoms with van der Waals surface area (Å²) in [6.07, 6.45) is 0. The van der Waals surface area contributed by atoms with Crippen LogP contribution in [0.25, 0.3) is 11.4 Å². The fraction of sp³-hybridized carbons (Fsp3) is 0.524. The van der Waals surface area contributed by atoms with Crippen molar-refractivity contribution in [2.75, 3.05) is 26.2 Å². The molecular formula is C21H30N6O3. The van der Waals surface area contributed by atoms with E-state index in [2.05, 4.69) is 30.6 Å². The molecule has 1 saturated heterocycles. The van der Waals surface area contributed by atoms with Gasteiger partial charge in [-0.15, -0.1) is 0 Å². The molecule has 2 aromatic rings. The van der Waals surface area contributed by atoms with E-state index in [1.807, 2.05) is 52.0 Å². The monoisotopic (exact) mass is 414 g/mol. The van der Waals surface area contributed by atoms with Crippen LogP contribution in [0.4, 0.5) is 4.79 Å². The third-order valence-electron chi connectivity index (χ3n) is 5.13. The minimum absolute atomic E-state index is 0.0205. The number of aromatic nitrogens is 2. The van der Waals surface area contributed by atoms with Gasteiger partial charge in [-0.1, -0.05) is 35.0 Å². The van der Waals surface area contributed by atoms with Crippen LogP contribution in [-0.4, -0.2) is 70.1 Å². The third kappa shape index (κ3) is 5.87. The molecule has 1 aliphatic heterocycles. The SMILES string of the molecule is Cc1ccc(-c2noc(CN3CCN(C(C)C(=O)NC(=O)NC(C)C)CC3)n2)cc1. The zero-order valence-electron chi connectivity index (χ0n) is 18.0. The van der Waals surface area contributed by atoms with Crippen LogP contribution in [-0.2, 0) is 11.3 Å². The largest absolute Gasteiger partial charge is 0.338 e. The fourth-order valence-corrected chi connectivity index (χ4v) is 3.32. The molecule has 1 atom stereocenters. The molecule has 30 heavy (non-hydrogen) atoms. The van der Waals surface area contributed by atoms with Gasteiger partial charge in [0.05, 0.1) is 12.6 Å². The van der Waals surface area contributed by atoms with E-state index in [-0.39, 0.29) is 18.0 Å². The molecule has 1 fully saturated rings. The molecule has 0 spiro atoms. The number of rotatable bonds is 6. The van der Waals surface area contributed by atoms with Crippen LogP contribution >= 0.6 is 0 Å². The lowest BCUT2D eigenvalue weighted by Crippen LogP contribution is -2.55. The summed E-state index contributed by atoms with van der Waals surface area (Å²) in [6, 6.07) is 7.16. The second-order valence-electron chi connectivity index (χ2n) is 7.98. The molecule has 1 aromatic heterocycles. The van der Waals surface area contributed by atoms with Crippen LogP contribution in [0.3, 0.4) is 0 Å². The van der Waals surface area contributed by atoms with Crippen LogP contribution in [0, 0.1) is 6.92 Å². The number of carbonyl (C=O) groups excluding carboxylic acids is 2. The van der Waals surface area contributed by atoms with Gasteiger partial charge in [-0.25, -0.2) is 4.79 Å². The second-order valence-corrected chi connectivity index (χ2v) is 7.98. The van der Waals surface area contributed by atoms with E-state index in [1.54, 1.807) is 0 Å². The van der Waals surface area contributed by atoms with Crippen molar-refractivity contribution in [3.05, 3.63) is 35.7 Å². The van der Waals surface area contributed by atoms with Gasteiger partial charge in [0.1, 0.15) is 0 Å². The number of urea groups is 1. The van der Waals surface area contributed by atoms with Gasteiger partial charge in [-0.05, 0) is 27.7 Å². The number of nitrogens with one attached hydrogen (secondary N) is 2. The third-order valence-corrected chi connectivity index (χ3v) is 5.13. The molecule has 3 amide bonds. The number of nitrogens with zero attached hydrogens (tertiary/aromatic N) is 4. The van der Waals surface area contributed by atoms with E-state index in [4.69, 9.17) is 4.52 Å². The molecule has 1 unspecified atom stereocenters. The summed E-state index contributed by atoms with van der Waals surface area (Å²) in [7, 11) is 0. The van der Waals surface area contributed by atoms with Crippen molar-refractivity contribution < 1.29 is 14.1 Å². The number of imide groups is 1. The predicted octanol–water partition coefficient (Wildman–Crippen LogP) is 1.79. The number of benzene rings is 1. The van der Waals surface area contributed by atoms with Gasteiger partial charge in [0.15, 0.2) is 0 Å². The Labute approximate surface area is 176 Å². The highest BCUT2D eigenvalue weighted by Gasteiger charge is 2.27. The summed E-state index contributed by atoms with van der Waals surface area (Å²) in [5.74, 6) is 0.880. The number of aryl methyl sites for hydroxylation is 1. The molecule has 9 nitrogen and oxygen atoms in total. The number of hydrogen-bond donors (Lipinski definition) is 2. The quantitative estimate of drug-likeness (QED) is 0.743. The Kier molecular flexibility index (Phi) is 7.17. The summed E-state index contributed by atoms with van der Waals surface area (Å²) in [4.78, 5) is 32.8. The lowest BCUT2D eigenvalue weighted by Gasteiger charge is -2.36. The van der Waals surface area contributed by atoms with Crippen LogP contribution in [0.5, 0.6) is 0 Å². The molecule has 1 aliphatic rings. The molecule has 162 valence electrons. The van der Waals surface area contributed by atoms with E-state index in [0.29, 0.717) is 18.3 Å². The number of amides is 3. The maximum absolute atomic E-state index is 12.3. The first-order valence-electron chi connectivity index (χ1n) is 10.3. The molecule has 0 radical (unpaired) electrons. The molecule has 0 saturated carbocycles. The maximum atomic E-state index is 12.3. The Morgan fingerprint density at radius 1 is 1.10 bits per heavy atom. The minimum atomic E-state index is -0.457. The summed E-state index contributed by atoms with van der Waals surface area (Å²) in [6.45, 7) is 11.1. The smallest absolute Gasteiger partial charge is 0.321 e. The van der Waals surface area contributed by atoms with Crippen LogP contribution in [0.2, 0.25) is 0 Å². The molecule has 9 heteroatoms. The summed E-state index contributed by atoms with van der Waals surface area (Å²) in [5.41, 5.74) is 2.12. The first kappa shape index (κ1) is 21.9. The minimum Gasteiger partial charge on any atom is -0.338 e. The van der Waals surface area contributed by atoms with Crippen molar-refractivity contribution in [2.45, 2.75) is 46.3 Å². The lowest BCUT2D eigenvalue weighted by atomic mass is 10.1. The van der Waals surface area contributed by atoms with Gasteiger partial charge in [0.2, 0.25) is 17.6 Å². The highest BCUT2D eigenvalue weighted by atomic mass is 16.5. The summed E-state index contributed by atoms with van der Waals surface area (Å²) in [5, 5.41) is 9.15. The number of hydrogen-bond acceptors (Lipinski definition) is 7. The number of piperazine rings is 1. The summed E-state index contributed by atoms with van der Waals surface area (Å²) < 4.78 is 5.41. The Morgan fingerprint density at radius 3 is 2.40 bits per heavy atom. The van der Waals surface area contributed by atoms with Gasteiger partial charge in [-0.3, -0.25) is 19.9 Å². The average Bonchev–Trinajstić information content (AvgIpc) is 3.16. The predicted molar refractivity (Wildman–Crippen MR) is 113 cm³/mol. The first-order chi connectivity index (χ1) is 14.3. The highest BCUT2D eigenvalue weighted by Crippen LogP contribution is 2.17. The number of carbonyl (C=O) groups is 2. The van der Waals surface area contributed by atoms with Crippen molar-refractivity contribution in [3.8, 4) is 11.4 Å². The van der Waals surface area contributed by atoms with E-state index in [1.165, 1.54) is 5.56 Å². The second kappa shape index (κ2) is 9.82. The Bertz CT molecular complexity index is 856. The lowest BCUT2D eigenvalue weighted by molar-refractivity contribution is -0.125. The Balaban J connectivity index is 1.47. The molecule has 2 N–H and O–H groups in total. The standard InChI is InChI=1S/C21H30N6O3/c1-14(2)22-21(29)24-20(28)16(4)27-11-9-26(10-12-27)13-18-23-19(25-30-18)17-7-5-15(3)6-8-17/h5-8,14,16H,9-13H2,1-4H3,(H2,22,24,28,29). The van der Waals surface area contributed by atoms with Crippen LogP contribution in [0.15, 0.2) is 28.8 Å². The van der Waals surface area contributed by atoms with E-state index >= 15 is 0 Å². The van der Waals surface area contributed by atoms with Crippen LogP contribution in [0.1, 0.15) is 32.2 Å². The van der Waals surface area contributed by atoms with Gasteiger partial charge in [-0.2, -0.15) is 4.98 Å². The molecule has 3 rings (SSSR count). The molecule has 0 aliphatic carbocycles. The maximum Gasteiger partial charge on any atom is 0.321 e. The summed E-state index contributed by atoms with van der Waals surface area (Å²) >= 11 is 0. The van der Waals surface area contributed by atoms with Crippen LogP contribution < -0.4 is 10.6 Å². The Morgan fingerprint density at radius 2 is 1.77 bits per heavy atom. The van der Waals surface area contributed by atoms with Gasteiger partial charge < -0.3 is 9.84 Å². The van der Waals surface area contributed by atoms with Crippen molar-refractivity contribution in [1.82, 2.24) is 30.6 Å². The average molecular weight is 415 g/mol. The van der Waals surface area contributed by atoms with Gasteiger partial charge >= 0.3 is 6.03 Å².